The topological polar surface area (TPSA) is 45.7 Å². The van der Waals surface area contributed by atoms with Crippen molar-refractivity contribution in [2.45, 2.75) is 0 Å². The number of piperazine rings is 1. The Balaban J connectivity index is 1.71. The van der Waals surface area contributed by atoms with Crippen molar-refractivity contribution in [2.24, 2.45) is 0 Å². The fourth-order valence-electron chi connectivity index (χ4n) is 2.66. The highest BCUT2D eigenvalue weighted by Gasteiger charge is 2.13. The Morgan fingerprint density at radius 3 is 2.81 bits per heavy atom. The van der Waals surface area contributed by atoms with Crippen LogP contribution in [0, 0.1) is 0 Å². The van der Waals surface area contributed by atoms with E-state index in [-0.39, 0.29) is 0 Å². The highest BCUT2D eigenvalue weighted by molar-refractivity contribution is 6.28. The number of anilines is 1. The summed E-state index contributed by atoms with van der Waals surface area (Å²) in [6, 6.07) is 7.80. The summed E-state index contributed by atoms with van der Waals surface area (Å²) in [4.78, 5) is 6.99. The van der Waals surface area contributed by atoms with E-state index in [1.54, 1.807) is 6.07 Å². The van der Waals surface area contributed by atoms with Crippen LogP contribution >= 0.6 is 11.6 Å². The number of furan rings is 1. The molecule has 1 N–H and O–H groups in total. The number of nitrogens with one attached hydrogen (secondary N) is 1. The molecule has 0 aromatic carbocycles. The lowest BCUT2D eigenvalue weighted by Gasteiger charge is -2.29. The van der Waals surface area contributed by atoms with E-state index in [4.69, 9.17) is 16.0 Å². The molecule has 3 aromatic rings. The van der Waals surface area contributed by atoms with Crippen LogP contribution in [0.5, 0.6) is 0 Å². The van der Waals surface area contributed by atoms with Crippen molar-refractivity contribution < 1.29 is 4.42 Å². The number of rotatable bonds is 2. The molecule has 0 spiro atoms. The van der Waals surface area contributed by atoms with Gasteiger partial charge in [0.2, 0.25) is 0 Å². The first-order valence-corrected chi connectivity index (χ1v) is 7.37. The number of hydrogen-bond acceptors (Lipinski definition) is 4. The number of fused-ring (bicyclic) bond motifs is 1. The van der Waals surface area contributed by atoms with Crippen LogP contribution in [-0.4, -0.2) is 35.6 Å². The third kappa shape index (κ3) is 2.39. The van der Waals surface area contributed by atoms with Gasteiger partial charge < -0.3 is 19.0 Å². The van der Waals surface area contributed by atoms with Crippen LogP contribution in [0.25, 0.3) is 17.1 Å². The Bertz CT molecular complexity index is 773. The number of hydrogen-bond donors (Lipinski definition) is 1. The second-order valence-corrected chi connectivity index (χ2v) is 5.49. The summed E-state index contributed by atoms with van der Waals surface area (Å²) < 4.78 is 7.41. The standard InChI is InChI=1S/C15H15ClN4O/c16-14-2-1-13(21-14)12-10-20-6-3-11(9-15(20)18-12)19-7-4-17-5-8-19/h1-3,6,9-10,17H,4-5,7-8H2. The first-order chi connectivity index (χ1) is 10.3. The maximum absolute atomic E-state index is 5.82. The van der Waals surface area contributed by atoms with Gasteiger partial charge in [0.05, 0.1) is 0 Å². The maximum atomic E-state index is 5.82. The lowest BCUT2D eigenvalue weighted by molar-refractivity contribution is 0.582. The van der Waals surface area contributed by atoms with Crippen molar-refractivity contribution in [1.29, 1.82) is 0 Å². The van der Waals surface area contributed by atoms with Gasteiger partial charge in [-0.1, -0.05) is 0 Å². The zero-order chi connectivity index (χ0) is 14.2. The Morgan fingerprint density at radius 1 is 1.19 bits per heavy atom. The van der Waals surface area contributed by atoms with Gasteiger partial charge in [0.15, 0.2) is 11.0 Å². The van der Waals surface area contributed by atoms with E-state index in [0.717, 1.165) is 37.5 Å². The van der Waals surface area contributed by atoms with E-state index in [1.165, 1.54) is 5.69 Å². The molecule has 6 heteroatoms. The minimum atomic E-state index is 0.378. The van der Waals surface area contributed by atoms with Crippen LogP contribution in [0.1, 0.15) is 0 Å². The molecule has 1 aliphatic rings. The predicted octanol–water partition coefficient (Wildman–Crippen LogP) is 2.66. The minimum absolute atomic E-state index is 0.378. The van der Waals surface area contributed by atoms with Crippen molar-refractivity contribution in [2.75, 3.05) is 31.1 Å². The fraction of sp³-hybridized carbons (Fsp3) is 0.267. The SMILES string of the molecule is Clc1ccc(-c2cn3ccc(N4CCNCC4)cc3n2)o1. The van der Waals surface area contributed by atoms with Crippen molar-refractivity contribution in [1.82, 2.24) is 14.7 Å². The molecule has 1 fully saturated rings. The molecule has 0 unspecified atom stereocenters. The molecule has 5 nitrogen and oxygen atoms in total. The van der Waals surface area contributed by atoms with Gasteiger partial charge in [-0.25, -0.2) is 4.98 Å². The summed E-state index contributed by atoms with van der Waals surface area (Å²) in [5, 5.41) is 3.74. The van der Waals surface area contributed by atoms with E-state index in [0.29, 0.717) is 11.0 Å². The van der Waals surface area contributed by atoms with Crippen LogP contribution < -0.4 is 10.2 Å². The average Bonchev–Trinajstić information content (AvgIpc) is 3.13. The molecule has 21 heavy (non-hydrogen) atoms. The summed E-state index contributed by atoms with van der Waals surface area (Å²) in [6.45, 7) is 4.10. The second-order valence-electron chi connectivity index (χ2n) is 5.12. The highest BCUT2D eigenvalue weighted by Crippen LogP contribution is 2.25. The Labute approximate surface area is 127 Å². The smallest absolute Gasteiger partial charge is 0.194 e. The molecule has 4 rings (SSSR count). The third-order valence-electron chi connectivity index (χ3n) is 3.75. The van der Waals surface area contributed by atoms with Crippen molar-refractivity contribution in [3.05, 3.63) is 41.9 Å². The third-order valence-corrected chi connectivity index (χ3v) is 3.95. The molecule has 108 valence electrons. The first kappa shape index (κ1) is 12.7. The van der Waals surface area contributed by atoms with Gasteiger partial charge in [-0.05, 0) is 29.8 Å². The van der Waals surface area contributed by atoms with Gasteiger partial charge in [0, 0.05) is 50.3 Å². The molecular formula is C15H15ClN4O. The van der Waals surface area contributed by atoms with E-state index in [1.807, 2.05) is 22.9 Å². The van der Waals surface area contributed by atoms with Crippen LogP contribution in [0.2, 0.25) is 5.22 Å². The van der Waals surface area contributed by atoms with Crippen LogP contribution in [-0.2, 0) is 0 Å². The molecule has 4 heterocycles. The molecule has 3 aromatic heterocycles. The lowest BCUT2D eigenvalue weighted by Crippen LogP contribution is -2.43. The van der Waals surface area contributed by atoms with E-state index < -0.39 is 0 Å². The molecular weight excluding hydrogens is 288 g/mol. The summed E-state index contributed by atoms with van der Waals surface area (Å²) in [5.74, 6) is 0.687. The zero-order valence-corrected chi connectivity index (χ0v) is 12.2. The molecule has 1 saturated heterocycles. The summed E-state index contributed by atoms with van der Waals surface area (Å²) in [7, 11) is 0. The van der Waals surface area contributed by atoms with Crippen molar-refractivity contribution in [3.63, 3.8) is 0 Å². The molecule has 0 radical (unpaired) electrons. The Kier molecular flexibility index (Phi) is 3.09. The van der Waals surface area contributed by atoms with E-state index >= 15 is 0 Å². The van der Waals surface area contributed by atoms with Gasteiger partial charge in [-0.2, -0.15) is 0 Å². The molecule has 0 bridgehead atoms. The first-order valence-electron chi connectivity index (χ1n) is 7.00. The van der Waals surface area contributed by atoms with Gasteiger partial charge in [0.25, 0.3) is 0 Å². The molecule has 0 saturated carbocycles. The monoisotopic (exact) mass is 302 g/mol. The molecule has 0 atom stereocenters. The largest absolute Gasteiger partial charge is 0.443 e. The number of nitrogens with zero attached hydrogens (tertiary/aromatic N) is 3. The number of aromatic nitrogens is 2. The van der Waals surface area contributed by atoms with Crippen molar-refractivity contribution >= 4 is 22.9 Å². The number of pyridine rings is 1. The minimum Gasteiger partial charge on any atom is -0.443 e. The zero-order valence-electron chi connectivity index (χ0n) is 11.4. The van der Waals surface area contributed by atoms with Gasteiger partial charge in [0.1, 0.15) is 11.3 Å². The summed E-state index contributed by atoms with van der Waals surface area (Å²) in [6.07, 6.45) is 3.99. The quantitative estimate of drug-likeness (QED) is 0.790. The summed E-state index contributed by atoms with van der Waals surface area (Å²) in [5.41, 5.74) is 2.91. The summed E-state index contributed by atoms with van der Waals surface area (Å²) >= 11 is 5.82. The highest BCUT2D eigenvalue weighted by atomic mass is 35.5. The average molecular weight is 303 g/mol. The Hall–Kier alpha value is -1.98. The van der Waals surface area contributed by atoms with Gasteiger partial charge in [-0.15, -0.1) is 0 Å². The molecule has 0 aliphatic carbocycles. The predicted molar refractivity (Wildman–Crippen MR) is 83.0 cm³/mol. The lowest BCUT2D eigenvalue weighted by atomic mass is 10.3. The molecule has 1 aliphatic heterocycles. The van der Waals surface area contributed by atoms with Crippen molar-refractivity contribution in [3.8, 4) is 11.5 Å². The fourth-order valence-corrected chi connectivity index (χ4v) is 2.81. The second kappa shape index (κ2) is 5.09. The number of halogens is 1. The Morgan fingerprint density at radius 2 is 2.05 bits per heavy atom. The van der Waals surface area contributed by atoms with E-state index in [2.05, 4.69) is 27.3 Å². The van der Waals surface area contributed by atoms with Crippen LogP contribution in [0.15, 0.2) is 41.1 Å². The molecule has 0 amide bonds. The van der Waals surface area contributed by atoms with Gasteiger partial charge >= 0.3 is 0 Å². The normalized spacial score (nSPS) is 15.8. The van der Waals surface area contributed by atoms with Crippen LogP contribution in [0.4, 0.5) is 5.69 Å². The van der Waals surface area contributed by atoms with Gasteiger partial charge in [-0.3, -0.25) is 0 Å². The van der Waals surface area contributed by atoms with E-state index in [9.17, 15) is 0 Å². The maximum Gasteiger partial charge on any atom is 0.194 e. The van der Waals surface area contributed by atoms with Crippen LogP contribution in [0.3, 0.4) is 0 Å². The number of imidazole rings is 1.